The monoisotopic (exact) mass is 355 g/mol. The van der Waals surface area contributed by atoms with E-state index < -0.39 is 17.4 Å². The summed E-state index contributed by atoms with van der Waals surface area (Å²) < 4.78 is 6.30. The van der Waals surface area contributed by atoms with Gasteiger partial charge in [-0.2, -0.15) is 0 Å². The molecule has 6 heteroatoms. The summed E-state index contributed by atoms with van der Waals surface area (Å²) in [6, 6.07) is 6.68. The maximum Gasteiger partial charge on any atom is 0.325 e. The molecule has 1 amide bonds. The van der Waals surface area contributed by atoms with Gasteiger partial charge in [0.05, 0.1) is 5.41 Å². The summed E-state index contributed by atoms with van der Waals surface area (Å²) in [6.07, 6.45) is 1.10. The highest BCUT2D eigenvalue weighted by Crippen LogP contribution is 2.35. The van der Waals surface area contributed by atoms with Gasteiger partial charge in [0.2, 0.25) is 5.91 Å². The van der Waals surface area contributed by atoms with Gasteiger partial charge >= 0.3 is 5.97 Å². The Labute approximate surface area is 131 Å². The fourth-order valence-electron chi connectivity index (χ4n) is 2.53. The van der Waals surface area contributed by atoms with E-state index in [2.05, 4.69) is 21.2 Å². The van der Waals surface area contributed by atoms with Crippen molar-refractivity contribution in [2.45, 2.75) is 31.2 Å². The average molecular weight is 356 g/mol. The van der Waals surface area contributed by atoms with Crippen molar-refractivity contribution in [1.29, 1.82) is 0 Å². The van der Waals surface area contributed by atoms with E-state index in [0.717, 1.165) is 10.0 Å². The zero-order valence-corrected chi connectivity index (χ0v) is 13.4. The lowest BCUT2D eigenvalue weighted by Crippen LogP contribution is -2.52. The number of carboxylic acids is 1. The van der Waals surface area contributed by atoms with E-state index in [4.69, 9.17) is 9.84 Å². The molecule has 2 rings (SSSR count). The van der Waals surface area contributed by atoms with E-state index in [-0.39, 0.29) is 5.91 Å². The molecule has 114 valence electrons. The average Bonchev–Trinajstić information content (AvgIpc) is 2.48. The number of benzene rings is 1. The summed E-state index contributed by atoms with van der Waals surface area (Å²) in [5.74, 6) is -1.29. The molecule has 0 radical (unpaired) electrons. The molecule has 5 nitrogen and oxygen atoms in total. The summed E-state index contributed by atoms with van der Waals surface area (Å²) in [7, 11) is 0. The number of ether oxygens (including phenoxy) is 1. The molecule has 1 fully saturated rings. The Hall–Kier alpha value is -1.40. The number of carbonyl (C=O) groups excluding carboxylic acids is 1. The van der Waals surface area contributed by atoms with Crippen molar-refractivity contribution in [1.82, 2.24) is 5.32 Å². The standard InChI is InChI=1S/C15H18BrNO4/c1-10(13(18)19)17-14(20)15(6-8-21-9-7-15)11-2-4-12(16)5-3-11/h2-5,10H,6-9H2,1H3,(H,17,20)(H,18,19)/t10-/m0/s1. The van der Waals surface area contributed by atoms with Crippen LogP contribution in [0.4, 0.5) is 0 Å². The van der Waals surface area contributed by atoms with Gasteiger partial charge in [0.1, 0.15) is 6.04 Å². The van der Waals surface area contributed by atoms with Crippen LogP contribution >= 0.6 is 15.9 Å². The van der Waals surface area contributed by atoms with Crippen LogP contribution in [0.2, 0.25) is 0 Å². The number of rotatable bonds is 4. The highest BCUT2D eigenvalue weighted by Gasteiger charge is 2.42. The molecule has 2 N–H and O–H groups in total. The highest BCUT2D eigenvalue weighted by molar-refractivity contribution is 9.10. The van der Waals surface area contributed by atoms with Gasteiger partial charge in [-0.1, -0.05) is 28.1 Å². The van der Waals surface area contributed by atoms with Gasteiger partial charge in [-0.3, -0.25) is 9.59 Å². The SMILES string of the molecule is C[C@H](NC(=O)C1(c2ccc(Br)cc2)CCOCC1)C(=O)O. The molecule has 0 aliphatic carbocycles. The minimum Gasteiger partial charge on any atom is -0.480 e. The number of nitrogens with one attached hydrogen (secondary N) is 1. The van der Waals surface area contributed by atoms with Gasteiger partial charge in [0, 0.05) is 17.7 Å². The molecule has 1 atom stereocenters. The first-order valence-electron chi connectivity index (χ1n) is 6.83. The number of halogens is 1. The first-order valence-corrected chi connectivity index (χ1v) is 7.62. The molecule has 0 aromatic heterocycles. The fraction of sp³-hybridized carbons (Fsp3) is 0.467. The molecule has 1 saturated heterocycles. The number of aliphatic carboxylic acids is 1. The molecule has 1 aliphatic heterocycles. The van der Waals surface area contributed by atoms with Gasteiger partial charge in [0.25, 0.3) is 0 Å². The van der Waals surface area contributed by atoms with Gasteiger partial charge < -0.3 is 15.2 Å². The third-order valence-corrected chi connectivity index (χ3v) is 4.42. The van der Waals surface area contributed by atoms with Crippen molar-refractivity contribution in [3.8, 4) is 0 Å². The molecular weight excluding hydrogens is 338 g/mol. The third kappa shape index (κ3) is 3.44. The smallest absolute Gasteiger partial charge is 0.325 e. The molecule has 0 spiro atoms. The number of amides is 1. The maximum absolute atomic E-state index is 12.7. The number of carbonyl (C=O) groups is 2. The van der Waals surface area contributed by atoms with Crippen LogP contribution in [0.1, 0.15) is 25.3 Å². The quantitative estimate of drug-likeness (QED) is 0.866. The lowest BCUT2D eigenvalue weighted by Gasteiger charge is -2.36. The van der Waals surface area contributed by atoms with E-state index in [0.29, 0.717) is 26.1 Å². The predicted molar refractivity (Wildman–Crippen MR) is 81.1 cm³/mol. The molecule has 0 bridgehead atoms. The zero-order valence-electron chi connectivity index (χ0n) is 11.8. The summed E-state index contributed by atoms with van der Waals surface area (Å²) in [5, 5.41) is 11.6. The van der Waals surface area contributed by atoms with Gasteiger partial charge in [0.15, 0.2) is 0 Å². The molecule has 1 heterocycles. The van der Waals surface area contributed by atoms with Crippen LogP contribution in [0.15, 0.2) is 28.7 Å². The lowest BCUT2D eigenvalue weighted by atomic mass is 9.73. The second kappa shape index (κ2) is 6.58. The topological polar surface area (TPSA) is 75.6 Å². The second-order valence-corrected chi connectivity index (χ2v) is 6.15. The Morgan fingerprint density at radius 2 is 1.86 bits per heavy atom. The first-order chi connectivity index (χ1) is 9.95. The van der Waals surface area contributed by atoms with E-state index in [1.807, 2.05) is 24.3 Å². The van der Waals surface area contributed by atoms with Crippen molar-refractivity contribution in [3.05, 3.63) is 34.3 Å². The van der Waals surface area contributed by atoms with E-state index >= 15 is 0 Å². The summed E-state index contributed by atoms with van der Waals surface area (Å²) in [5.41, 5.74) is 0.173. The Morgan fingerprint density at radius 1 is 1.29 bits per heavy atom. The van der Waals surface area contributed by atoms with Crippen molar-refractivity contribution >= 4 is 27.8 Å². The van der Waals surface area contributed by atoms with E-state index in [1.165, 1.54) is 6.92 Å². The molecule has 1 aliphatic rings. The summed E-state index contributed by atoms with van der Waals surface area (Å²) >= 11 is 3.38. The van der Waals surface area contributed by atoms with Crippen molar-refractivity contribution in [2.24, 2.45) is 0 Å². The Kier molecular flexibility index (Phi) is 5.00. The van der Waals surface area contributed by atoms with E-state index in [1.54, 1.807) is 0 Å². The van der Waals surface area contributed by atoms with Crippen LogP contribution in [0.3, 0.4) is 0 Å². The summed E-state index contributed by atoms with van der Waals surface area (Å²) in [4.78, 5) is 23.6. The minimum absolute atomic E-state index is 0.247. The van der Waals surface area contributed by atoms with Gasteiger partial charge in [-0.25, -0.2) is 0 Å². The van der Waals surface area contributed by atoms with Crippen LogP contribution in [0.5, 0.6) is 0 Å². The van der Waals surface area contributed by atoms with Gasteiger partial charge in [-0.05, 0) is 37.5 Å². The maximum atomic E-state index is 12.7. The van der Waals surface area contributed by atoms with Crippen molar-refractivity contribution in [2.75, 3.05) is 13.2 Å². The molecule has 1 aromatic rings. The predicted octanol–water partition coefficient (Wildman–Crippen LogP) is 2.09. The normalized spacial score (nSPS) is 18.8. The van der Waals surface area contributed by atoms with Gasteiger partial charge in [-0.15, -0.1) is 0 Å². The Bertz CT molecular complexity index is 523. The molecular formula is C15H18BrNO4. The second-order valence-electron chi connectivity index (χ2n) is 5.23. The van der Waals surface area contributed by atoms with Crippen LogP contribution in [0.25, 0.3) is 0 Å². The highest BCUT2D eigenvalue weighted by atomic mass is 79.9. The Balaban J connectivity index is 2.30. The number of hydrogen-bond acceptors (Lipinski definition) is 3. The molecule has 21 heavy (non-hydrogen) atoms. The van der Waals surface area contributed by atoms with Crippen molar-refractivity contribution in [3.63, 3.8) is 0 Å². The lowest BCUT2D eigenvalue weighted by molar-refractivity contribution is -0.143. The molecule has 0 unspecified atom stereocenters. The van der Waals surface area contributed by atoms with Crippen LogP contribution in [0, 0.1) is 0 Å². The number of carboxylic acid groups (broad SMARTS) is 1. The summed E-state index contributed by atoms with van der Waals surface area (Å²) in [6.45, 7) is 2.45. The van der Waals surface area contributed by atoms with Crippen molar-refractivity contribution < 1.29 is 19.4 Å². The molecule has 1 aromatic carbocycles. The number of hydrogen-bond donors (Lipinski definition) is 2. The van der Waals surface area contributed by atoms with Crippen LogP contribution in [-0.2, 0) is 19.7 Å². The molecule has 0 saturated carbocycles. The van der Waals surface area contributed by atoms with E-state index in [9.17, 15) is 9.59 Å². The minimum atomic E-state index is -1.04. The third-order valence-electron chi connectivity index (χ3n) is 3.90. The van der Waals surface area contributed by atoms with Crippen LogP contribution in [-0.4, -0.2) is 36.2 Å². The Morgan fingerprint density at radius 3 is 2.38 bits per heavy atom. The largest absolute Gasteiger partial charge is 0.480 e. The first kappa shape index (κ1) is 16.0. The zero-order chi connectivity index (χ0) is 15.5. The van der Waals surface area contributed by atoms with Crippen LogP contribution < -0.4 is 5.32 Å². The fourth-order valence-corrected chi connectivity index (χ4v) is 2.80.